The molecule has 0 saturated carbocycles. The van der Waals surface area contributed by atoms with Gasteiger partial charge in [0.25, 0.3) is 0 Å². The van der Waals surface area contributed by atoms with Gasteiger partial charge in [-0.05, 0) is 35.0 Å². The summed E-state index contributed by atoms with van der Waals surface area (Å²) in [6.45, 7) is 2.57. The Morgan fingerprint density at radius 1 is 1.35 bits per heavy atom. The molecule has 17 heavy (non-hydrogen) atoms. The van der Waals surface area contributed by atoms with Gasteiger partial charge in [0.15, 0.2) is 5.82 Å². The van der Waals surface area contributed by atoms with E-state index in [1.807, 2.05) is 6.92 Å². The van der Waals surface area contributed by atoms with Crippen LogP contribution in [0.1, 0.15) is 6.92 Å². The van der Waals surface area contributed by atoms with Crippen LogP contribution in [0, 0.1) is 5.82 Å². The first-order chi connectivity index (χ1) is 8.24. The van der Waals surface area contributed by atoms with Gasteiger partial charge in [0, 0.05) is 12.7 Å². The first-order valence-corrected chi connectivity index (χ1v) is 6.01. The topological polar surface area (TPSA) is 29.0 Å². The van der Waals surface area contributed by atoms with Crippen LogP contribution in [-0.4, -0.2) is 16.5 Å². The SMILES string of the molecule is CCN(c1ccccc1F)c1ncncc1Br. The highest BCUT2D eigenvalue weighted by molar-refractivity contribution is 9.10. The number of aromatic nitrogens is 2. The van der Waals surface area contributed by atoms with Gasteiger partial charge in [-0.25, -0.2) is 14.4 Å². The average molecular weight is 296 g/mol. The van der Waals surface area contributed by atoms with Crippen LogP contribution in [0.25, 0.3) is 0 Å². The fourth-order valence-corrected chi connectivity index (χ4v) is 2.04. The number of hydrogen-bond donors (Lipinski definition) is 0. The van der Waals surface area contributed by atoms with Gasteiger partial charge < -0.3 is 4.90 Å². The summed E-state index contributed by atoms with van der Waals surface area (Å²) in [5.41, 5.74) is 0.509. The van der Waals surface area contributed by atoms with E-state index >= 15 is 0 Å². The van der Waals surface area contributed by atoms with Crippen LogP contribution < -0.4 is 4.90 Å². The molecular weight excluding hydrogens is 285 g/mol. The number of hydrogen-bond acceptors (Lipinski definition) is 3. The lowest BCUT2D eigenvalue weighted by Gasteiger charge is -2.23. The quantitative estimate of drug-likeness (QED) is 0.867. The molecule has 0 amide bonds. The predicted octanol–water partition coefficient (Wildman–Crippen LogP) is 3.54. The molecule has 5 heteroatoms. The maximum atomic E-state index is 13.7. The molecule has 0 aliphatic carbocycles. The number of anilines is 2. The molecule has 2 rings (SSSR count). The van der Waals surface area contributed by atoms with Crippen molar-refractivity contribution in [3.63, 3.8) is 0 Å². The van der Waals surface area contributed by atoms with E-state index in [-0.39, 0.29) is 5.82 Å². The maximum Gasteiger partial charge on any atom is 0.150 e. The van der Waals surface area contributed by atoms with Crippen molar-refractivity contribution in [3.05, 3.63) is 47.1 Å². The minimum Gasteiger partial charge on any atom is -0.323 e. The van der Waals surface area contributed by atoms with Gasteiger partial charge >= 0.3 is 0 Å². The molecule has 0 spiro atoms. The van der Waals surface area contributed by atoms with Crippen molar-refractivity contribution in [1.29, 1.82) is 0 Å². The van der Waals surface area contributed by atoms with Crippen molar-refractivity contribution in [2.45, 2.75) is 6.92 Å². The Hall–Kier alpha value is -1.49. The fourth-order valence-electron chi connectivity index (χ4n) is 1.61. The van der Waals surface area contributed by atoms with Gasteiger partial charge in [0.2, 0.25) is 0 Å². The van der Waals surface area contributed by atoms with Crippen molar-refractivity contribution in [3.8, 4) is 0 Å². The van der Waals surface area contributed by atoms with Gasteiger partial charge in [0.1, 0.15) is 12.1 Å². The smallest absolute Gasteiger partial charge is 0.150 e. The van der Waals surface area contributed by atoms with Gasteiger partial charge in [-0.2, -0.15) is 0 Å². The zero-order valence-electron chi connectivity index (χ0n) is 9.27. The predicted molar refractivity (Wildman–Crippen MR) is 68.8 cm³/mol. The molecule has 0 aliphatic heterocycles. The van der Waals surface area contributed by atoms with Gasteiger partial charge in [-0.1, -0.05) is 12.1 Å². The lowest BCUT2D eigenvalue weighted by Crippen LogP contribution is -2.19. The summed E-state index contributed by atoms with van der Waals surface area (Å²) in [5.74, 6) is 0.396. The molecular formula is C12H11BrFN3. The maximum absolute atomic E-state index is 13.7. The van der Waals surface area contributed by atoms with Gasteiger partial charge in [0.05, 0.1) is 10.2 Å². The van der Waals surface area contributed by atoms with E-state index in [1.165, 1.54) is 12.4 Å². The summed E-state index contributed by atoms with van der Waals surface area (Å²) in [5, 5.41) is 0. The normalized spacial score (nSPS) is 10.3. The molecule has 3 nitrogen and oxygen atoms in total. The summed E-state index contributed by atoms with van der Waals surface area (Å²) in [6, 6.07) is 6.64. The summed E-state index contributed by atoms with van der Waals surface area (Å²) in [4.78, 5) is 9.86. The van der Waals surface area contributed by atoms with Crippen molar-refractivity contribution in [1.82, 2.24) is 9.97 Å². The molecule has 1 aromatic heterocycles. The highest BCUT2D eigenvalue weighted by Gasteiger charge is 2.15. The third-order valence-electron chi connectivity index (χ3n) is 2.36. The van der Waals surface area contributed by atoms with Gasteiger partial charge in [-0.3, -0.25) is 0 Å². The first-order valence-electron chi connectivity index (χ1n) is 5.21. The van der Waals surface area contributed by atoms with Crippen LogP contribution in [0.2, 0.25) is 0 Å². The average Bonchev–Trinajstić information content (AvgIpc) is 2.34. The van der Waals surface area contributed by atoms with Crippen LogP contribution in [0.15, 0.2) is 41.3 Å². The highest BCUT2D eigenvalue weighted by Crippen LogP contribution is 2.30. The zero-order valence-corrected chi connectivity index (χ0v) is 10.9. The van der Waals surface area contributed by atoms with Crippen LogP contribution in [0.4, 0.5) is 15.9 Å². The Bertz CT molecular complexity index is 473. The largest absolute Gasteiger partial charge is 0.323 e. The number of rotatable bonds is 3. The lowest BCUT2D eigenvalue weighted by atomic mass is 10.2. The monoisotopic (exact) mass is 295 g/mol. The molecule has 0 unspecified atom stereocenters. The Kier molecular flexibility index (Phi) is 3.68. The van der Waals surface area contributed by atoms with Crippen LogP contribution in [-0.2, 0) is 0 Å². The van der Waals surface area contributed by atoms with E-state index in [0.717, 1.165) is 4.47 Å². The summed E-state index contributed by atoms with van der Waals surface area (Å²) in [6.07, 6.45) is 3.09. The molecule has 0 bridgehead atoms. The van der Waals surface area contributed by atoms with Crippen molar-refractivity contribution in [2.75, 3.05) is 11.4 Å². The third kappa shape index (κ3) is 2.44. The minimum atomic E-state index is -0.264. The highest BCUT2D eigenvalue weighted by atomic mass is 79.9. The van der Waals surface area contributed by atoms with Crippen LogP contribution >= 0.6 is 15.9 Å². The molecule has 2 aromatic rings. The molecule has 0 atom stereocenters. The number of halogens is 2. The summed E-state index contributed by atoms with van der Waals surface area (Å²) >= 11 is 3.37. The van der Waals surface area contributed by atoms with Crippen molar-refractivity contribution >= 4 is 27.4 Å². The molecule has 1 heterocycles. The minimum absolute atomic E-state index is 0.264. The van der Waals surface area contributed by atoms with Crippen LogP contribution in [0.3, 0.4) is 0 Å². The second kappa shape index (κ2) is 5.23. The second-order valence-corrected chi connectivity index (χ2v) is 4.24. The summed E-state index contributed by atoms with van der Waals surface area (Å²) < 4.78 is 14.5. The standard InChI is InChI=1S/C12H11BrFN3/c1-2-17(11-6-4-3-5-10(11)14)12-9(13)7-15-8-16-12/h3-8H,2H2,1H3. The molecule has 88 valence electrons. The number of benzene rings is 1. The van der Waals surface area contributed by atoms with E-state index in [1.54, 1.807) is 29.3 Å². The second-order valence-electron chi connectivity index (χ2n) is 3.39. The van der Waals surface area contributed by atoms with Crippen LogP contribution in [0.5, 0.6) is 0 Å². The lowest BCUT2D eigenvalue weighted by molar-refractivity contribution is 0.625. The van der Waals surface area contributed by atoms with Crippen molar-refractivity contribution in [2.24, 2.45) is 0 Å². The Morgan fingerprint density at radius 3 is 2.76 bits per heavy atom. The number of para-hydroxylation sites is 1. The molecule has 0 fully saturated rings. The Balaban J connectivity index is 2.48. The molecule has 0 aliphatic rings. The van der Waals surface area contributed by atoms with Gasteiger partial charge in [-0.15, -0.1) is 0 Å². The third-order valence-corrected chi connectivity index (χ3v) is 2.92. The molecule has 0 saturated heterocycles. The number of nitrogens with zero attached hydrogens (tertiary/aromatic N) is 3. The van der Waals surface area contributed by atoms with E-state index in [9.17, 15) is 4.39 Å². The van der Waals surface area contributed by atoms with E-state index < -0.39 is 0 Å². The first kappa shape index (κ1) is 12.0. The molecule has 0 N–H and O–H groups in total. The fraction of sp³-hybridized carbons (Fsp3) is 0.167. The Labute approximate surface area is 107 Å². The summed E-state index contributed by atoms with van der Waals surface area (Å²) in [7, 11) is 0. The Morgan fingerprint density at radius 2 is 2.12 bits per heavy atom. The zero-order chi connectivity index (χ0) is 12.3. The van der Waals surface area contributed by atoms with E-state index in [0.29, 0.717) is 18.1 Å². The van der Waals surface area contributed by atoms with E-state index in [4.69, 9.17) is 0 Å². The molecule has 1 aromatic carbocycles. The molecule has 0 radical (unpaired) electrons. The van der Waals surface area contributed by atoms with Crippen molar-refractivity contribution < 1.29 is 4.39 Å². The van der Waals surface area contributed by atoms with E-state index in [2.05, 4.69) is 25.9 Å².